The Labute approximate surface area is 262 Å². The van der Waals surface area contributed by atoms with E-state index >= 15 is 0 Å². The lowest BCUT2D eigenvalue weighted by atomic mass is 9.95. The fourth-order valence-electron chi connectivity index (χ4n) is 7.76. The second kappa shape index (κ2) is 8.68. The molecule has 46 heavy (non-hydrogen) atoms. The Morgan fingerprint density at radius 2 is 1.09 bits per heavy atom. The third kappa shape index (κ3) is 3.07. The summed E-state index contributed by atoms with van der Waals surface area (Å²) < 4.78 is 8.89. The van der Waals surface area contributed by atoms with E-state index in [2.05, 4.69) is 120 Å². The molecule has 11 aromatic rings. The molecule has 0 radical (unpaired) electrons. The van der Waals surface area contributed by atoms with E-state index < -0.39 is 0 Å². The number of rotatable bonds is 2. The summed E-state index contributed by atoms with van der Waals surface area (Å²) in [5, 5.41) is 11.9. The van der Waals surface area contributed by atoms with Gasteiger partial charge < -0.3 is 4.42 Å². The van der Waals surface area contributed by atoms with Crippen LogP contribution in [0.4, 0.5) is 0 Å². The van der Waals surface area contributed by atoms with Gasteiger partial charge in [-0.15, -0.1) is 0 Å². The third-order valence-corrected chi connectivity index (χ3v) is 9.71. The summed E-state index contributed by atoms with van der Waals surface area (Å²) in [5.41, 5.74) is 7.58. The van der Waals surface area contributed by atoms with Crippen molar-refractivity contribution in [2.45, 2.75) is 0 Å². The molecule has 0 saturated heterocycles. The molecule has 0 aliphatic rings. The summed E-state index contributed by atoms with van der Waals surface area (Å²) in [5.74, 6) is 0.811. The Morgan fingerprint density at radius 1 is 0.435 bits per heavy atom. The van der Waals surface area contributed by atoms with Gasteiger partial charge in [-0.05, 0) is 74.8 Å². The van der Waals surface area contributed by atoms with Gasteiger partial charge in [0.1, 0.15) is 16.9 Å². The highest BCUT2D eigenvalue weighted by Gasteiger charge is 2.25. The van der Waals surface area contributed by atoms with Crippen LogP contribution in [0.15, 0.2) is 144 Å². The second-order valence-corrected chi connectivity index (χ2v) is 12.1. The predicted molar refractivity (Wildman–Crippen MR) is 190 cm³/mol. The van der Waals surface area contributed by atoms with Gasteiger partial charge in [-0.3, -0.25) is 4.57 Å². The zero-order valence-corrected chi connectivity index (χ0v) is 24.5. The van der Waals surface area contributed by atoms with Crippen molar-refractivity contribution >= 4 is 87.1 Å². The predicted octanol–water partition coefficient (Wildman–Crippen LogP) is 11.2. The lowest BCUT2D eigenvalue weighted by Crippen LogP contribution is -2.03. The quantitative estimate of drug-likeness (QED) is 0.203. The number of para-hydroxylation sites is 2. The largest absolute Gasteiger partial charge is 0.456 e. The topological polar surface area (TPSA) is 43.9 Å². The number of aromatic nitrogens is 3. The molecule has 212 valence electrons. The molecule has 0 unspecified atom stereocenters. The van der Waals surface area contributed by atoms with Crippen LogP contribution in [0.2, 0.25) is 0 Å². The van der Waals surface area contributed by atoms with E-state index in [-0.39, 0.29) is 0 Å². The van der Waals surface area contributed by atoms with Crippen molar-refractivity contribution in [3.8, 4) is 17.1 Å². The maximum absolute atomic E-state index is 6.56. The van der Waals surface area contributed by atoms with Crippen molar-refractivity contribution in [1.29, 1.82) is 0 Å². The summed E-state index contributed by atoms with van der Waals surface area (Å²) in [6.07, 6.45) is 0. The minimum absolute atomic E-state index is 0.811. The molecule has 4 nitrogen and oxygen atoms in total. The first-order valence-corrected chi connectivity index (χ1v) is 15.6. The molecule has 8 aromatic carbocycles. The molecular weight excluding hydrogens is 562 g/mol. The molecule has 3 heterocycles. The summed E-state index contributed by atoms with van der Waals surface area (Å²) >= 11 is 0. The van der Waals surface area contributed by atoms with Crippen LogP contribution in [0.3, 0.4) is 0 Å². The van der Waals surface area contributed by atoms with Crippen LogP contribution < -0.4 is 0 Å². The molecule has 0 atom stereocenters. The van der Waals surface area contributed by atoms with E-state index in [1.165, 1.54) is 43.1 Å². The van der Waals surface area contributed by atoms with Gasteiger partial charge in [0.25, 0.3) is 0 Å². The summed E-state index contributed by atoms with van der Waals surface area (Å²) in [6.45, 7) is 0. The maximum Gasteiger partial charge on any atom is 0.165 e. The van der Waals surface area contributed by atoms with Gasteiger partial charge >= 0.3 is 0 Å². The van der Waals surface area contributed by atoms with Gasteiger partial charge in [-0.1, -0.05) is 97.1 Å². The van der Waals surface area contributed by atoms with E-state index in [1.807, 2.05) is 24.3 Å². The van der Waals surface area contributed by atoms with Crippen LogP contribution in [0.5, 0.6) is 0 Å². The maximum atomic E-state index is 6.56. The number of hydrogen-bond acceptors (Lipinski definition) is 3. The highest BCUT2D eigenvalue weighted by atomic mass is 16.3. The number of hydrogen-bond donors (Lipinski definition) is 0. The number of furan rings is 1. The molecule has 0 aliphatic heterocycles. The first kappa shape index (κ1) is 24.1. The average Bonchev–Trinajstić information content (AvgIpc) is 3.66. The Balaban J connectivity index is 1.39. The van der Waals surface area contributed by atoms with Gasteiger partial charge in [0.05, 0.1) is 22.1 Å². The van der Waals surface area contributed by atoms with Crippen molar-refractivity contribution in [2.24, 2.45) is 0 Å². The fraction of sp³-hybridized carbons (Fsp3) is 0. The van der Waals surface area contributed by atoms with Crippen molar-refractivity contribution in [3.63, 3.8) is 0 Å². The van der Waals surface area contributed by atoms with Gasteiger partial charge in [-0.25, -0.2) is 9.97 Å². The summed E-state index contributed by atoms with van der Waals surface area (Å²) in [6, 6.07) is 49.3. The lowest BCUT2D eigenvalue weighted by molar-refractivity contribution is 0.669. The van der Waals surface area contributed by atoms with E-state index in [0.29, 0.717) is 0 Å². The van der Waals surface area contributed by atoms with E-state index in [4.69, 9.17) is 14.4 Å². The molecule has 4 heteroatoms. The molecule has 0 N–H and O–H groups in total. The molecule has 0 saturated carbocycles. The molecular formula is C42H23N3O. The van der Waals surface area contributed by atoms with Crippen LogP contribution in [0.25, 0.3) is 104 Å². The van der Waals surface area contributed by atoms with Gasteiger partial charge in [0, 0.05) is 27.1 Å². The molecule has 11 rings (SSSR count). The molecule has 0 aliphatic carbocycles. The third-order valence-electron chi connectivity index (χ3n) is 9.71. The molecule has 3 aromatic heterocycles. The molecule has 0 spiro atoms. The average molecular weight is 586 g/mol. The summed E-state index contributed by atoms with van der Waals surface area (Å²) in [7, 11) is 0. The van der Waals surface area contributed by atoms with Crippen LogP contribution >= 0.6 is 0 Å². The Bertz CT molecular complexity index is 3040. The Kier molecular flexibility index (Phi) is 4.55. The lowest BCUT2D eigenvalue weighted by Gasteiger charge is -2.14. The van der Waals surface area contributed by atoms with Crippen LogP contribution in [0, 0.1) is 0 Å². The van der Waals surface area contributed by atoms with Crippen molar-refractivity contribution in [3.05, 3.63) is 140 Å². The number of fused-ring (bicyclic) bond motifs is 5. The Morgan fingerprint density at radius 3 is 1.93 bits per heavy atom. The molecule has 0 amide bonds. The molecule has 0 bridgehead atoms. The first-order chi connectivity index (χ1) is 22.8. The van der Waals surface area contributed by atoms with Crippen LogP contribution in [-0.4, -0.2) is 14.5 Å². The van der Waals surface area contributed by atoms with Crippen molar-refractivity contribution < 1.29 is 4.42 Å². The standard InChI is InChI=1S/C42H23N3O/c1-2-10-25-23-26(20-19-24(25)9-1)41-42(44-32-16-6-5-15-31(32)43-41)45-33-17-7-13-29-27-11-3-4-12-28(27)30-14-8-18-35-38(30)40-36(46-35)22-21-34(45)39(40)37(29)33/h1-23H. The SMILES string of the molecule is c1ccc2cc(-c3nc4ccccc4nc3-n3c4cccc5c6ccccc6c6cccc7oc8ccc3c(c8c76)c54)ccc2c1. The number of nitrogens with zero attached hydrogens (tertiary/aromatic N) is 3. The van der Waals surface area contributed by atoms with E-state index in [1.54, 1.807) is 0 Å². The van der Waals surface area contributed by atoms with E-state index in [0.717, 1.165) is 61.1 Å². The van der Waals surface area contributed by atoms with Crippen molar-refractivity contribution in [2.75, 3.05) is 0 Å². The second-order valence-electron chi connectivity index (χ2n) is 12.1. The van der Waals surface area contributed by atoms with Crippen LogP contribution in [-0.2, 0) is 0 Å². The normalized spacial score (nSPS) is 12.3. The van der Waals surface area contributed by atoms with E-state index in [9.17, 15) is 0 Å². The van der Waals surface area contributed by atoms with Gasteiger partial charge in [0.2, 0.25) is 0 Å². The highest BCUT2D eigenvalue weighted by Crippen LogP contribution is 2.47. The summed E-state index contributed by atoms with van der Waals surface area (Å²) in [4.78, 5) is 10.7. The zero-order chi connectivity index (χ0) is 29.9. The van der Waals surface area contributed by atoms with Gasteiger partial charge in [0.15, 0.2) is 5.82 Å². The van der Waals surface area contributed by atoms with Crippen LogP contribution in [0.1, 0.15) is 0 Å². The highest BCUT2D eigenvalue weighted by molar-refractivity contribution is 6.38. The minimum atomic E-state index is 0.811. The van der Waals surface area contributed by atoms with Gasteiger partial charge in [-0.2, -0.15) is 0 Å². The Hall–Kier alpha value is -6.26. The fourth-order valence-corrected chi connectivity index (χ4v) is 7.76. The van der Waals surface area contributed by atoms with Crippen molar-refractivity contribution in [1.82, 2.24) is 14.5 Å². The smallest absolute Gasteiger partial charge is 0.165 e. The first-order valence-electron chi connectivity index (χ1n) is 15.6. The monoisotopic (exact) mass is 585 g/mol. The zero-order valence-electron chi connectivity index (χ0n) is 24.5. The molecule has 0 fully saturated rings. The number of benzene rings is 7. The minimum Gasteiger partial charge on any atom is -0.456 e.